The van der Waals surface area contributed by atoms with Crippen molar-refractivity contribution in [1.82, 2.24) is 20.4 Å². The fourth-order valence-electron chi connectivity index (χ4n) is 2.52. The van der Waals surface area contributed by atoms with Gasteiger partial charge in [0.1, 0.15) is 5.82 Å². The minimum Gasteiger partial charge on any atom is -0.358 e. The van der Waals surface area contributed by atoms with Gasteiger partial charge in [-0.1, -0.05) is 34.7 Å². The Balaban J connectivity index is 1.56. The predicted molar refractivity (Wildman–Crippen MR) is 104 cm³/mol. The molecule has 1 aliphatic rings. The number of carbonyl (C=O) groups excluding carboxylic acids is 2. The lowest BCUT2D eigenvalue weighted by molar-refractivity contribution is -0.118. The highest BCUT2D eigenvalue weighted by molar-refractivity contribution is 8.01. The third-order valence-electron chi connectivity index (χ3n) is 4.00. The van der Waals surface area contributed by atoms with Crippen molar-refractivity contribution in [3.05, 3.63) is 34.6 Å². The van der Waals surface area contributed by atoms with Gasteiger partial charge in [0.2, 0.25) is 11.0 Å². The Bertz CT molecular complexity index is 842. The Morgan fingerprint density at radius 1 is 1.30 bits per heavy atom. The van der Waals surface area contributed by atoms with E-state index >= 15 is 0 Å². The molecule has 1 saturated heterocycles. The summed E-state index contributed by atoms with van der Waals surface area (Å²) in [6, 6.07) is 3.78. The Labute approximate surface area is 168 Å². The number of nitrogens with one attached hydrogen (secondary N) is 1. The highest BCUT2D eigenvalue weighted by atomic mass is 35.5. The van der Waals surface area contributed by atoms with Gasteiger partial charge in [0.15, 0.2) is 4.34 Å². The molecule has 2 amide bonds. The summed E-state index contributed by atoms with van der Waals surface area (Å²) in [7, 11) is 1.59. The van der Waals surface area contributed by atoms with Crippen LogP contribution in [0.4, 0.5) is 9.52 Å². The normalized spacial score (nSPS) is 14.3. The van der Waals surface area contributed by atoms with Crippen LogP contribution in [0.5, 0.6) is 0 Å². The van der Waals surface area contributed by atoms with E-state index in [1.165, 1.54) is 35.2 Å². The zero-order valence-electron chi connectivity index (χ0n) is 14.4. The van der Waals surface area contributed by atoms with E-state index in [-0.39, 0.29) is 16.8 Å². The van der Waals surface area contributed by atoms with Crippen LogP contribution < -0.4 is 10.2 Å². The van der Waals surface area contributed by atoms with Crippen LogP contribution in [-0.2, 0) is 4.79 Å². The number of anilines is 1. The van der Waals surface area contributed by atoms with Gasteiger partial charge in [0.25, 0.3) is 5.91 Å². The van der Waals surface area contributed by atoms with Crippen LogP contribution >= 0.6 is 34.7 Å². The second-order valence-corrected chi connectivity index (χ2v) is 8.30. The van der Waals surface area contributed by atoms with Crippen LogP contribution in [0, 0.1) is 5.82 Å². The summed E-state index contributed by atoms with van der Waals surface area (Å²) in [5.74, 6) is -0.448. The first-order valence-electron chi connectivity index (χ1n) is 8.14. The van der Waals surface area contributed by atoms with Gasteiger partial charge in [-0.2, -0.15) is 0 Å². The highest BCUT2D eigenvalue weighted by Gasteiger charge is 2.25. The smallest absolute Gasteiger partial charge is 0.255 e. The summed E-state index contributed by atoms with van der Waals surface area (Å²) in [6.07, 6.45) is 0. The van der Waals surface area contributed by atoms with Crippen LogP contribution in [0.2, 0.25) is 5.02 Å². The maximum absolute atomic E-state index is 13.2. The molecule has 0 aliphatic carbocycles. The van der Waals surface area contributed by atoms with Crippen molar-refractivity contribution >= 4 is 51.6 Å². The third kappa shape index (κ3) is 4.88. The number of piperazine rings is 1. The van der Waals surface area contributed by atoms with E-state index in [1.807, 2.05) is 0 Å². The van der Waals surface area contributed by atoms with Gasteiger partial charge in [-0.25, -0.2) is 4.39 Å². The van der Waals surface area contributed by atoms with E-state index in [2.05, 4.69) is 20.4 Å². The van der Waals surface area contributed by atoms with E-state index in [4.69, 9.17) is 11.6 Å². The minimum absolute atomic E-state index is 0.0664. The second kappa shape index (κ2) is 8.85. The van der Waals surface area contributed by atoms with Crippen LogP contribution in [0.1, 0.15) is 10.4 Å². The van der Waals surface area contributed by atoms with E-state index < -0.39 is 5.82 Å². The average molecular weight is 430 g/mol. The van der Waals surface area contributed by atoms with Crippen LogP contribution in [0.3, 0.4) is 0 Å². The number of amides is 2. The summed E-state index contributed by atoms with van der Waals surface area (Å²) < 4.78 is 13.9. The predicted octanol–water partition coefficient (Wildman–Crippen LogP) is 2.13. The first kappa shape index (κ1) is 19.8. The number of rotatable bonds is 5. The van der Waals surface area contributed by atoms with Crippen molar-refractivity contribution in [2.45, 2.75) is 4.34 Å². The fourth-order valence-corrected chi connectivity index (χ4v) is 4.53. The van der Waals surface area contributed by atoms with Gasteiger partial charge in [0, 0.05) is 33.2 Å². The quantitative estimate of drug-likeness (QED) is 0.733. The van der Waals surface area contributed by atoms with E-state index in [9.17, 15) is 14.0 Å². The molecule has 1 aromatic carbocycles. The van der Waals surface area contributed by atoms with Crippen molar-refractivity contribution in [2.24, 2.45) is 0 Å². The Hall–Kier alpha value is -1.91. The van der Waals surface area contributed by atoms with E-state index in [0.29, 0.717) is 37.5 Å². The molecule has 1 N–H and O–H groups in total. The first-order valence-corrected chi connectivity index (χ1v) is 10.3. The van der Waals surface area contributed by atoms with Gasteiger partial charge in [-0.05, 0) is 18.2 Å². The summed E-state index contributed by atoms with van der Waals surface area (Å²) in [4.78, 5) is 27.6. The number of thioether (sulfide) groups is 1. The van der Waals surface area contributed by atoms with Crippen LogP contribution in [0.15, 0.2) is 22.5 Å². The SMILES string of the molecule is CNC(=O)CSc1nnc(N2CCN(C(=O)c3ccc(F)cc3Cl)CC2)s1. The van der Waals surface area contributed by atoms with Crippen molar-refractivity contribution in [1.29, 1.82) is 0 Å². The number of carbonyl (C=O) groups is 2. The largest absolute Gasteiger partial charge is 0.358 e. The monoisotopic (exact) mass is 429 g/mol. The van der Waals surface area contributed by atoms with Gasteiger partial charge in [-0.15, -0.1) is 10.2 Å². The molecule has 1 fully saturated rings. The number of aromatic nitrogens is 2. The molecule has 0 saturated carbocycles. The minimum atomic E-state index is -0.470. The summed E-state index contributed by atoms with van der Waals surface area (Å²) in [5.41, 5.74) is 0.301. The number of hydrogen-bond donors (Lipinski definition) is 1. The summed E-state index contributed by atoms with van der Waals surface area (Å²) in [6.45, 7) is 2.23. The third-order valence-corrected chi connectivity index (χ3v) is 6.43. The number of benzene rings is 1. The zero-order valence-corrected chi connectivity index (χ0v) is 16.8. The molecule has 27 heavy (non-hydrogen) atoms. The van der Waals surface area contributed by atoms with Crippen molar-refractivity contribution < 1.29 is 14.0 Å². The Morgan fingerprint density at radius 3 is 2.70 bits per heavy atom. The molecule has 0 unspecified atom stereocenters. The molecule has 2 heterocycles. The van der Waals surface area contributed by atoms with Crippen LogP contribution in [-0.4, -0.2) is 65.9 Å². The van der Waals surface area contributed by atoms with Crippen molar-refractivity contribution in [3.63, 3.8) is 0 Å². The molecule has 0 bridgehead atoms. The van der Waals surface area contributed by atoms with Crippen molar-refractivity contribution in [2.75, 3.05) is 43.9 Å². The lowest BCUT2D eigenvalue weighted by Gasteiger charge is -2.34. The lowest BCUT2D eigenvalue weighted by Crippen LogP contribution is -2.48. The van der Waals surface area contributed by atoms with Gasteiger partial charge >= 0.3 is 0 Å². The first-order chi connectivity index (χ1) is 13.0. The van der Waals surface area contributed by atoms with E-state index in [0.717, 1.165) is 15.5 Å². The van der Waals surface area contributed by atoms with Crippen LogP contribution in [0.25, 0.3) is 0 Å². The number of nitrogens with zero attached hydrogens (tertiary/aromatic N) is 4. The van der Waals surface area contributed by atoms with Gasteiger partial charge < -0.3 is 15.1 Å². The van der Waals surface area contributed by atoms with Crippen molar-refractivity contribution in [3.8, 4) is 0 Å². The molecule has 3 rings (SSSR count). The second-order valence-electron chi connectivity index (χ2n) is 5.72. The number of hydrogen-bond acceptors (Lipinski definition) is 7. The molecule has 0 atom stereocenters. The standard InChI is InChI=1S/C16H17ClFN5O2S2/c1-19-13(24)9-26-16-21-20-15(27-16)23-6-4-22(5-7-23)14(25)11-3-2-10(18)8-12(11)17/h2-3,8H,4-7,9H2,1H3,(H,19,24). The van der Waals surface area contributed by atoms with Gasteiger partial charge in [0.05, 0.1) is 16.3 Å². The zero-order chi connectivity index (χ0) is 19.4. The number of halogens is 2. The van der Waals surface area contributed by atoms with Gasteiger partial charge in [-0.3, -0.25) is 9.59 Å². The molecular weight excluding hydrogens is 413 g/mol. The Morgan fingerprint density at radius 2 is 2.04 bits per heavy atom. The molecule has 144 valence electrons. The maximum Gasteiger partial charge on any atom is 0.255 e. The summed E-state index contributed by atoms with van der Waals surface area (Å²) in [5, 5.41) is 11.7. The maximum atomic E-state index is 13.2. The fraction of sp³-hybridized carbons (Fsp3) is 0.375. The molecule has 0 spiro atoms. The average Bonchev–Trinajstić information content (AvgIpc) is 3.15. The molecule has 0 radical (unpaired) electrons. The molecule has 1 aliphatic heterocycles. The molecule has 1 aromatic heterocycles. The molecule has 11 heteroatoms. The topological polar surface area (TPSA) is 78.4 Å². The Kier molecular flexibility index (Phi) is 6.51. The highest BCUT2D eigenvalue weighted by Crippen LogP contribution is 2.29. The molecular formula is C16H17ClFN5O2S2. The van der Waals surface area contributed by atoms with E-state index in [1.54, 1.807) is 11.9 Å². The molecule has 7 nitrogen and oxygen atoms in total. The summed E-state index contributed by atoms with van der Waals surface area (Å²) >= 11 is 8.75. The lowest BCUT2D eigenvalue weighted by atomic mass is 10.1. The molecule has 2 aromatic rings.